The highest BCUT2D eigenvalue weighted by atomic mass is 35.5. The Kier molecular flexibility index (Phi) is 10.2. The molecule has 17 nitrogen and oxygen atoms in total. The summed E-state index contributed by atoms with van der Waals surface area (Å²) in [5, 5.41) is 35.7. The lowest BCUT2D eigenvalue weighted by atomic mass is 10.1. The number of nitrogens with one attached hydrogen (secondary N) is 2. The minimum atomic E-state index is -0.772. The number of benzene rings is 1. The van der Waals surface area contributed by atoms with Crippen molar-refractivity contribution in [3.05, 3.63) is 108 Å². The van der Waals surface area contributed by atoms with Crippen molar-refractivity contribution < 1.29 is 24.2 Å². The largest absolute Gasteiger partial charge is 0.461 e. The fraction of sp³-hybridized carbons (Fsp3) is 0.214. The highest BCUT2D eigenvalue weighted by molar-refractivity contribution is 6.31. The van der Waals surface area contributed by atoms with Gasteiger partial charge in [0.05, 0.1) is 33.5 Å². The third kappa shape index (κ3) is 7.75. The number of esters is 1. The number of carbonyl (C=O) groups is 2. The Balaban J connectivity index is 0.000000310. The van der Waals surface area contributed by atoms with E-state index in [0.717, 1.165) is 33.8 Å². The number of aromatic amines is 1. The predicted molar refractivity (Wildman–Crippen MR) is 165 cm³/mol. The van der Waals surface area contributed by atoms with Crippen LogP contribution in [0.3, 0.4) is 0 Å². The fourth-order valence-corrected chi connectivity index (χ4v) is 4.57. The van der Waals surface area contributed by atoms with Crippen LogP contribution in [0.4, 0.5) is 17.2 Å². The third-order valence-corrected chi connectivity index (χ3v) is 6.71. The lowest BCUT2D eigenvalue weighted by Crippen LogP contribution is -2.25. The lowest BCUT2D eigenvalue weighted by Gasteiger charge is -2.10. The molecule has 0 unspecified atom stereocenters. The number of aryl methyl sites for hydroxylation is 2. The molecule has 4 aromatic heterocycles. The number of hydrogen-bond donors (Lipinski definition) is 3. The van der Waals surface area contributed by atoms with E-state index >= 15 is 0 Å². The van der Waals surface area contributed by atoms with E-state index in [-0.39, 0.29) is 42.5 Å². The summed E-state index contributed by atoms with van der Waals surface area (Å²) in [5.41, 5.74) is 8.44. The monoisotopic (exact) mass is 650 g/mol. The number of aromatic nitrogens is 6. The second-order valence-electron chi connectivity index (χ2n) is 9.72. The molecule has 1 aromatic carbocycles. The molecule has 4 N–H and O–H groups in total. The SMILES string of the molecule is CCOC(=O)c1[nH]ncc1[N+](=O)[O-].Cc1cc(N)nc(C)c1CNC(=O)c1nn(Cc2ccc3ncc(Cl)cc3c2)cc1[N+](=O)[O-]. The molecule has 0 atom stereocenters. The average molecular weight is 651 g/mol. The summed E-state index contributed by atoms with van der Waals surface area (Å²) < 4.78 is 5.93. The molecule has 5 aromatic rings. The van der Waals surface area contributed by atoms with Gasteiger partial charge in [-0.15, -0.1) is 0 Å². The summed E-state index contributed by atoms with van der Waals surface area (Å²) in [6, 6.07) is 9.04. The third-order valence-electron chi connectivity index (χ3n) is 6.51. The van der Waals surface area contributed by atoms with Crippen LogP contribution >= 0.6 is 11.6 Å². The summed E-state index contributed by atoms with van der Waals surface area (Å²) in [4.78, 5) is 52.8. The number of hydrogen-bond acceptors (Lipinski definition) is 12. The maximum Gasteiger partial charge on any atom is 0.363 e. The van der Waals surface area contributed by atoms with Gasteiger partial charge in [0.2, 0.25) is 11.4 Å². The molecule has 0 aliphatic heterocycles. The van der Waals surface area contributed by atoms with Gasteiger partial charge in [0, 0.05) is 23.8 Å². The summed E-state index contributed by atoms with van der Waals surface area (Å²) in [6.45, 7) is 5.79. The van der Waals surface area contributed by atoms with Gasteiger partial charge in [0.1, 0.15) is 18.2 Å². The number of H-pyrrole nitrogens is 1. The van der Waals surface area contributed by atoms with Gasteiger partial charge in [0.15, 0.2) is 0 Å². The molecule has 0 radical (unpaired) electrons. The number of amides is 1. The molecule has 0 spiro atoms. The molecule has 238 valence electrons. The van der Waals surface area contributed by atoms with E-state index in [9.17, 15) is 29.8 Å². The van der Waals surface area contributed by atoms with Crippen LogP contribution in [0.1, 0.15) is 50.3 Å². The van der Waals surface area contributed by atoms with Gasteiger partial charge in [-0.25, -0.2) is 9.78 Å². The number of nitro groups is 2. The second-order valence-corrected chi connectivity index (χ2v) is 10.2. The van der Waals surface area contributed by atoms with Crippen molar-refractivity contribution in [2.45, 2.75) is 33.9 Å². The molecule has 0 saturated heterocycles. The van der Waals surface area contributed by atoms with Crippen molar-refractivity contribution in [1.29, 1.82) is 0 Å². The minimum absolute atomic E-state index is 0.145. The number of nitrogen functional groups attached to an aromatic ring is 1. The van der Waals surface area contributed by atoms with Crippen molar-refractivity contribution in [3.8, 4) is 0 Å². The van der Waals surface area contributed by atoms with Gasteiger partial charge in [-0.05, 0) is 61.7 Å². The number of nitrogens with two attached hydrogens (primary N) is 1. The highest BCUT2D eigenvalue weighted by Crippen LogP contribution is 2.22. The van der Waals surface area contributed by atoms with Crippen LogP contribution in [0.25, 0.3) is 10.9 Å². The maximum absolute atomic E-state index is 12.8. The van der Waals surface area contributed by atoms with E-state index in [1.54, 1.807) is 32.2 Å². The van der Waals surface area contributed by atoms with Gasteiger partial charge in [-0.1, -0.05) is 17.7 Å². The molecule has 0 fully saturated rings. The summed E-state index contributed by atoms with van der Waals surface area (Å²) >= 11 is 6.02. The van der Waals surface area contributed by atoms with E-state index in [0.29, 0.717) is 16.5 Å². The second kappa shape index (κ2) is 14.2. The van der Waals surface area contributed by atoms with Crippen LogP contribution in [-0.4, -0.2) is 58.3 Å². The molecule has 0 bridgehead atoms. The average Bonchev–Trinajstić information content (AvgIpc) is 3.65. The van der Waals surface area contributed by atoms with Gasteiger partial charge in [0.25, 0.3) is 5.91 Å². The van der Waals surface area contributed by atoms with Crippen LogP contribution in [0.15, 0.2) is 48.9 Å². The summed E-state index contributed by atoms with van der Waals surface area (Å²) in [7, 11) is 0. The van der Waals surface area contributed by atoms with Crippen LogP contribution in [-0.2, 0) is 17.8 Å². The van der Waals surface area contributed by atoms with E-state index in [2.05, 4.69) is 35.3 Å². The topological polar surface area (TPSA) is 240 Å². The summed E-state index contributed by atoms with van der Waals surface area (Å²) in [5.74, 6) is -1.03. The van der Waals surface area contributed by atoms with Crippen LogP contribution in [0.5, 0.6) is 0 Å². The fourth-order valence-electron chi connectivity index (χ4n) is 4.41. The predicted octanol–water partition coefficient (Wildman–Crippen LogP) is 4.06. The molecule has 0 aliphatic rings. The number of halogens is 1. The van der Waals surface area contributed by atoms with Gasteiger partial charge in [-0.2, -0.15) is 10.2 Å². The van der Waals surface area contributed by atoms with Crippen LogP contribution in [0.2, 0.25) is 5.02 Å². The smallest absolute Gasteiger partial charge is 0.363 e. The minimum Gasteiger partial charge on any atom is -0.461 e. The molecule has 4 heterocycles. The number of nitrogens with zero attached hydrogens (tertiary/aromatic N) is 7. The number of anilines is 1. The van der Waals surface area contributed by atoms with Crippen LogP contribution < -0.4 is 11.1 Å². The maximum atomic E-state index is 12.8. The van der Waals surface area contributed by atoms with E-state index in [1.807, 2.05) is 25.1 Å². The number of carbonyl (C=O) groups excluding carboxylic acids is 2. The van der Waals surface area contributed by atoms with Crippen molar-refractivity contribution in [2.24, 2.45) is 0 Å². The Labute approximate surface area is 265 Å². The molecule has 0 saturated carbocycles. The van der Waals surface area contributed by atoms with Crippen molar-refractivity contribution >= 4 is 51.6 Å². The number of rotatable bonds is 9. The molecule has 5 rings (SSSR count). The first-order valence-electron chi connectivity index (χ1n) is 13.5. The number of pyridine rings is 2. The van der Waals surface area contributed by atoms with E-state index < -0.39 is 21.7 Å². The Hall–Kier alpha value is -5.97. The summed E-state index contributed by atoms with van der Waals surface area (Å²) in [6.07, 6.45) is 3.78. The quantitative estimate of drug-likeness (QED) is 0.116. The zero-order valence-corrected chi connectivity index (χ0v) is 25.4. The Bertz CT molecular complexity index is 1930. The number of ether oxygens (including phenoxy) is 1. The lowest BCUT2D eigenvalue weighted by molar-refractivity contribution is -0.385. The zero-order chi connectivity index (χ0) is 33.5. The number of fused-ring (bicyclic) bond motifs is 1. The molecule has 1 amide bonds. The first-order valence-corrected chi connectivity index (χ1v) is 13.9. The normalized spacial score (nSPS) is 10.6. The van der Waals surface area contributed by atoms with Crippen molar-refractivity contribution in [1.82, 2.24) is 35.3 Å². The standard InChI is InChI=1S/C22H20ClN7O3.C6H7N3O4/c1-12-5-20(24)27-13(2)17(12)9-26-22(31)21-19(30(32)33)11-29(28-21)10-14-3-4-18-15(6-14)7-16(23)8-25-18;1-2-13-6(10)5-4(9(11)12)3-7-8-5/h3-8,11H,9-10H2,1-2H3,(H2,24,27)(H,26,31);3H,2H2,1H3,(H,7,8). The first-order chi connectivity index (χ1) is 21.9. The first kappa shape index (κ1) is 32.9. The molecule has 0 aliphatic carbocycles. The van der Waals surface area contributed by atoms with Gasteiger partial charge < -0.3 is 15.8 Å². The molecule has 46 heavy (non-hydrogen) atoms. The molecular formula is C28H27ClN10O7. The molecule has 18 heteroatoms. The van der Waals surface area contributed by atoms with E-state index in [4.69, 9.17) is 17.3 Å². The van der Waals surface area contributed by atoms with Crippen molar-refractivity contribution in [2.75, 3.05) is 12.3 Å². The molecular weight excluding hydrogens is 624 g/mol. The van der Waals surface area contributed by atoms with Crippen LogP contribution in [0, 0.1) is 34.1 Å². The van der Waals surface area contributed by atoms with Crippen molar-refractivity contribution in [3.63, 3.8) is 0 Å². The van der Waals surface area contributed by atoms with Gasteiger partial charge in [-0.3, -0.25) is 39.8 Å². The zero-order valence-electron chi connectivity index (χ0n) is 24.7. The van der Waals surface area contributed by atoms with E-state index in [1.165, 1.54) is 10.9 Å². The Morgan fingerprint density at radius 2 is 1.85 bits per heavy atom. The van der Waals surface area contributed by atoms with Gasteiger partial charge >= 0.3 is 17.3 Å². The Morgan fingerprint density at radius 3 is 2.52 bits per heavy atom. The Morgan fingerprint density at radius 1 is 1.11 bits per heavy atom. The highest BCUT2D eigenvalue weighted by Gasteiger charge is 2.26.